The van der Waals surface area contributed by atoms with Gasteiger partial charge in [0.05, 0.1) is 6.54 Å². The smallest absolute Gasteiger partial charge is 0.257 e. The van der Waals surface area contributed by atoms with Crippen LogP contribution in [0, 0.1) is 17.0 Å². The van der Waals surface area contributed by atoms with E-state index in [0.717, 1.165) is 63.1 Å². The number of anilines is 1. The number of allylic oxidation sites excluding steroid dienone is 1. The highest BCUT2D eigenvalue weighted by Gasteiger charge is 2.38. The Morgan fingerprint density at radius 1 is 1.13 bits per heavy atom. The molecule has 3 aliphatic rings. The first kappa shape index (κ1) is 29.4. The fraction of sp³-hybridized carbons (Fsp3) is 0.548. The zero-order valence-electron chi connectivity index (χ0n) is 23.4. The van der Waals surface area contributed by atoms with Crippen LogP contribution in [0.15, 0.2) is 30.9 Å². The van der Waals surface area contributed by atoms with Gasteiger partial charge in [-0.1, -0.05) is 18.7 Å². The van der Waals surface area contributed by atoms with Crippen LogP contribution in [0.3, 0.4) is 0 Å². The van der Waals surface area contributed by atoms with Crippen LogP contribution in [0.1, 0.15) is 57.7 Å². The molecule has 5 rings (SSSR count). The Morgan fingerprint density at radius 3 is 2.54 bits per heavy atom. The van der Waals surface area contributed by atoms with Gasteiger partial charge >= 0.3 is 0 Å². The average molecular weight is 547 g/mol. The lowest BCUT2D eigenvalue weighted by Gasteiger charge is -2.34. The number of alkyl halides is 2. The molecule has 2 fully saturated rings. The molecule has 214 valence electrons. The van der Waals surface area contributed by atoms with E-state index in [2.05, 4.69) is 27.9 Å². The van der Waals surface area contributed by atoms with Crippen molar-refractivity contribution in [3.8, 4) is 0 Å². The first-order valence-corrected chi connectivity index (χ1v) is 14.0. The number of nitrogens with zero attached hydrogens (tertiary/aromatic N) is 2. The number of aromatic amines is 1. The van der Waals surface area contributed by atoms with Gasteiger partial charge in [0.15, 0.2) is 0 Å². The van der Waals surface area contributed by atoms with Gasteiger partial charge in [0.2, 0.25) is 0 Å². The lowest BCUT2D eigenvalue weighted by atomic mass is 9.80. The lowest BCUT2D eigenvalue weighted by Crippen LogP contribution is -2.44. The fourth-order valence-electron chi connectivity index (χ4n) is 6.41. The van der Waals surface area contributed by atoms with Crippen molar-refractivity contribution in [2.45, 2.75) is 71.4 Å². The second kappa shape index (κ2) is 12.3. The van der Waals surface area contributed by atoms with E-state index in [1.54, 1.807) is 6.08 Å². The molecule has 0 amide bonds. The summed E-state index contributed by atoms with van der Waals surface area (Å²) in [6.45, 7) is 13.0. The number of halogens is 4. The molecule has 4 heterocycles. The van der Waals surface area contributed by atoms with Crippen LogP contribution in [-0.2, 0) is 13.0 Å². The predicted octanol–water partition coefficient (Wildman–Crippen LogP) is 5.12. The van der Waals surface area contributed by atoms with Crippen LogP contribution < -0.4 is 20.8 Å². The number of nitrogens with one attached hydrogen (secondary N) is 2. The normalized spacial score (nSPS) is 24.9. The van der Waals surface area contributed by atoms with E-state index in [1.165, 1.54) is 42.2 Å². The Labute approximate surface area is 229 Å². The number of H-pyrrole nitrogens is 1. The molecule has 0 saturated carbocycles. The standard InChI is InChI=1S/C16H22F2N2.C15H20F2N2/c1-5-7-14-12(6-2)13-8-11(3)20(9-15(13)19-14)10-16(4,17)18;16-12-8-13(17)10-14(9-12)19-7-4-15(11-19)2-1-5-18-6-3-15/h5-7,11,19H,1,8-10H2,2-4H3;8-10,18H,1-7,11H2/b12-6-,14-7+;. The van der Waals surface area contributed by atoms with Gasteiger partial charge in [0, 0.05) is 55.4 Å². The molecule has 1 aromatic carbocycles. The minimum Gasteiger partial charge on any atom is -0.371 e. The zero-order valence-corrected chi connectivity index (χ0v) is 23.4. The number of hydrogen-bond acceptors (Lipinski definition) is 3. The highest BCUT2D eigenvalue weighted by atomic mass is 19.3. The van der Waals surface area contributed by atoms with Gasteiger partial charge in [-0.2, -0.15) is 0 Å². The summed E-state index contributed by atoms with van der Waals surface area (Å²) in [6, 6.07) is 3.94. The SMILES string of the molecule is C=C/C=c1/[nH]c2c(/c1=C/C)CC(C)N(CC(C)(F)F)C2.Fc1cc(F)cc(N2CCC3(CCCNCC3)C2)c1. The maximum absolute atomic E-state index is 13.3. The van der Waals surface area contributed by atoms with E-state index in [1.807, 2.05) is 24.8 Å². The summed E-state index contributed by atoms with van der Waals surface area (Å²) < 4.78 is 53.1. The number of fused-ring (bicyclic) bond motifs is 1. The van der Waals surface area contributed by atoms with Crippen LogP contribution in [0.25, 0.3) is 12.2 Å². The molecule has 8 heteroatoms. The van der Waals surface area contributed by atoms with Crippen molar-refractivity contribution in [3.05, 3.63) is 64.3 Å². The quantitative estimate of drug-likeness (QED) is 0.523. The predicted molar refractivity (Wildman–Crippen MR) is 151 cm³/mol. The summed E-state index contributed by atoms with van der Waals surface area (Å²) in [5, 5.41) is 5.63. The van der Waals surface area contributed by atoms with Crippen molar-refractivity contribution in [2.24, 2.45) is 5.41 Å². The topological polar surface area (TPSA) is 34.3 Å². The van der Waals surface area contributed by atoms with Crippen molar-refractivity contribution >= 4 is 17.8 Å². The number of benzene rings is 1. The lowest BCUT2D eigenvalue weighted by molar-refractivity contribution is -0.0294. The van der Waals surface area contributed by atoms with E-state index in [0.29, 0.717) is 17.6 Å². The summed E-state index contributed by atoms with van der Waals surface area (Å²) in [5.74, 6) is -3.63. The Hall–Kier alpha value is -2.58. The zero-order chi connectivity index (χ0) is 28.2. The third-order valence-electron chi connectivity index (χ3n) is 8.35. The van der Waals surface area contributed by atoms with Gasteiger partial charge in [-0.3, -0.25) is 4.90 Å². The minimum atomic E-state index is -2.66. The van der Waals surface area contributed by atoms with Crippen LogP contribution in [0.2, 0.25) is 0 Å². The van der Waals surface area contributed by atoms with Crippen molar-refractivity contribution in [2.75, 3.05) is 37.6 Å². The Kier molecular flexibility index (Phi) is 9.27. The molecule has 2 atom stereocenters. The van der Waals surface area contributed by atoms with Crippen molar-refractivity contribution in [3.63, 3.8) is 0 Å². The number of hydrogen-bond donors (Lipinski definition) is 2. The molecule has 3 aliphatic heterocycles. The van der Waals surface area contributed by atoms with Crippen molar-refractivity contribution in [1.29, 1.82) is 0 Å². The largest absolute Gasteiger partial charge is 0.371 e. The summed E-state index contributed by atoms with van der Waals surface area (Å²) in [5.41, 5.74) is 3.33. The van der Waals surface area contributed by atoms with Crippen LogP contribution in [-0.4, -0.2) is 54.6 Å². The third kappa shape index (κ3) is 7.34. The summed E-state index contributed by atoms with van der Waals surface area (Å²) in [7, 11) is 0. The molecule has 0 radical (unpaired) electrons. The van der Waals surface area contributed by atoms with E-state index in [-0.39, 0.29) is 12.6 Å². The number of rotatable bonds is 4. The van der Waals surface area contributed by atoms with Gasteiger partial charge in [0.1, 0.15) is 11.6 Å². The van der Waals surface area contributed by atoms with Gasteiger partial charge in [0.25, 0.3) is 5.92 Å². The Morgan fingerprint density at radius 2 is 1.87 bits per heavy atom. The average Bonchev–Trinajstić information content (AvgIpc) is 3.32. The van der Waals surface area contributed by atoms with Crippen molar-refractivity contribution < 1.29 is 17.6 Å². The first-order valence-electron chi connectivity index (χ1n) is 14.0. The van der Waals surface area contributed by atoms with Crippen LogP contribution >= 0.6 is 0 Å². The van der Waals surface area contributed by atoms with E-state index in [9.17, 15) is 17.6 Å². The molecular formula is C31H42F4N4. The molecule has 4 nitrogen and oxygen atoms in total. The van der Waals surface area contributed by atoms with E-state index < -0.39 is 17.6 Å². The van der Waals surface area contributed by atoms with E-state index in [4.69, 9.17) is 0 Å². The van der Waals surface area contributed by atoms with Gasteiger partial charge in [-0.05, 0) is 93.4 Å². The second-order valence-corrected chi connectivity index (χ2v) is 11.5. The third-order valence-corrected chi connectivity index (χ3v) is 8.35. The highest BCUT2D eigenvalue weighted by Crippen LogP contribution is 2.41. The molecular weight excluding hydrogens is 504 g/mol. The Bertz CT molecular complexity index is 1230. The molecule has 39 heavy (non-hydrogen) atoms. The van der Waals surface area contributed by atoms with Crippen molar-refractivity contribution in [1.82, 2.24) is 15.2 Å². The maximum Gasteiger partial charge on any atom is 0.257 e. The second-order valence-electron chi connectivity index (χ2n) is 11.5. The summed E-state index contributed by atoms with van der Waals surface area (Å²) in [4.78, 5) is 7.33. The molecule has 1 aromatic heterocycles. The molecule has 2 unspecified atom stereocenters. The minimum absolute atomic E-state index is 0.124. The van der Waals surface area contributed by atoms with E-state index >= 15 is 0 Å². The maximum atomic E-state index is 13.3. The summed E-state index contributed by atoms with van der Waals surface area (Å²) >= 11 is 0. The van der Waals surface area contributed by atoms with Gasteiger partial charge in [-0.25, -0.2) is 17.6 Å². The molecule has 0 bridgehead atoms. The molecule has 2 aromatic rings. The van der Waals surface area contributed by atoms with Crippen LogP contribution in [0.5, 0.6) is 0 Å². The molecule has 1 spiro atoms. The molecule has 2 saturated heterocycles. The summed E-state index contributed by atoms with van der Waals surface area (Å²) in [6.07, 6.45) is 11.3. The number of aromatic nitrogens is 1. The highest BCUT2D eigenvalue weighted by molar-refractivity contribution is 5.48. The fourth-order valence-corrected chi connectivity index (χ4v) is 6.41. The molecule has 2 N–H and O–H groups in total. The monoisotopic (exact) mass is 546 g/mol. The van der Waals surface area contributed by atoms with Gasteiger partial charge in [-0.15, -0.1) is 0 Å². The first-order chi connectivity index (χ1) is 18.5. The van der Waals surface area contributed by atoms with Gasteiger partial charge < -0.3 is 15.2 Å². The Balaban J connectivity index is 0.000000181. The van der Waals surface area contributed by atoms with Crippen LogP contribution in [0.4, 0.5) is 23.2 Å². The molecule has 0 aliphatic carbocycles.